The maximum Gasteiger partial charge on any atom is 0.305 e. The Morgan fingerprint density at radius 2 is 1.76 bits per heavy atom. The summed E-state index contributed by atoms with van der Waals surface area (Å²) in [6, 6.07) is 3.78. The average Bonchev–Trinajstić information content (AvgIpc) is 3.15. The largest absolute Gasteiger partial charge is 0.481 e. The van der Waals surface area contributed by atoms with E-state index in [1.807, 2.05) is 16.7 Å². The molecule has 0 bridgehead atoms. The van der Waals surface area contributed by atoms with Gasteiger partial charge in [-0.2, -0.15) is 0 Å². The van der Waals surface area contributed by atoms with E-state index in [2.05, 4.69) is 24.5 Å². The van der Waals surface area contributed by atoms with Crippen LogP contribution in [-0.2, 0) is 11.2 Å². The first kappa shape index (κ1) is 24.6. The fourth-order valence-corrected chi connectivity index (χ4v) is 5.72. The molecule has 1 amide bonds. The predicted molar refractivity (Wildman–Crippen MR) is 134 cm³/mol. The van der Waals surface area contributed by atoms with Crippen molar-refractivity contribution >= 4 is 23.3 Å². The number of carbonyl (C=O) groups is 2. The maximum absolute atomic E-state index is 13.4. The van der Waals surface area contributed by atoms with Gasteiger partial charge in [0.25, 0.3) is 5.91 Å². The number of hydrogen-bond acceptors (Lipinski definition) is 4. The van der Waals surface area contributed by atoms with Crippen LogP contribution in [0.1, 0.15) is 101 Å². The van der Waals surface area contributed by atoms with E-state index in [1.165, 1.54) is 25.7 Å². The maximum atomic E-state index is 13.4. The number of pyridine rings is 1. The van der Waals surface area contributed by atoms with Crippen LogP contribution in [-0.4, -0.2) is 38.5 Å². The summed E-state index contributed by atoms with van der Waals surface area (Å²) in [4.78, 5) is 29.9. The number of amides is 1. The van der Waals surface area contributed by atoms with Crippen LogP contribution in [0.15, 0.2) is 18.3 Å². The van der Waals surface area contributed by atoms with Crippen LogP contribution < -0.4 is 10.6 Å². The molecule has 0 spiro atoms. The van der Waals surface area contributed by atoms with Crippen molar-refractivity contribution in [1.82, 2.24) is 14.7 Å². The molecular formula is C27H40N4O3. The second-order valence-electron chi connectivity index (χ2n) is 10.7. The summed E-state index contributed by atoms with van der Waals surface area (Å²) in [6.45, 7) is 4.37. The van der Waals surface area contributed by atoms with Crippen molar-refractivity contribution in [3.8, 4) is 0 Å². The molecule has 3 N–H and O–H groups in total. The number of carboxylic acid groups (broad SMARTS) is 1. The third kappa shape index (κ3) is 5.91. The van der Waals surface area contributed by atoms with Gasteiger partial charge in [0.15, 0.2) is 5.65 Å². The van der Waals surface area contributed by atoms with Gasteiger partial charge in [-0.1, -0.05) is 52.4 Å². The number of imidazole rings is 1. The minimum atomic E-state index is -0.868. The quantitative estimate of drug-likeness (QED) is 0.456. The molecule has 1 atom stereocenters. The van der Waals surface area contributed by atoms with E-state index < -0.39 is 5.97 Å². The molecule has 2 saturated carbocycles. The first-order valence-corrected chi connectivity index (χ1v) is 13.2. The molecule has 1 unspecified atom stereocenters. The molecule has 2 heterocycles. The third-order valence-electron chi connectivity index (χ3n) is 7.44. The summed E-state index contributed by atoms with van der Waals surface area (Å²) in [7, 11) is 0. The van der Waals surface area contributed by atoms with Crippen LogP contribution in [0.25, 0.3) is 5.65 Å². The molecule has 2 aromatic heterocycles. The van der Waals surface area contributed by atoms with E-state index in [1.54, 1.807) is 6.07 Å². The van der Waals surface area contributed by atoms with Crippen molar-refractivity contribution in [2.24, 2.45) is 11.8 Å². The number of hydrogen-bond donors (Lipinski definition) is 3. The fourth-order valence-electron chi connectivity index (χ4n) is 5.72. The first-order valence-electron chi connectivity index (χ1n) is 13.2. The number of aromatic nitrogens is 2. The second-order valence-corrected chi connectivity index (χ2v) is 10.7. The Balaban J connectivity index is 1.63. The Labute approximate surface area is 202 Å². The lowest BCUT2D eigenvalue weighted by atomic mass is 9.82. The second kappa shape index (κ2) is 11.2. The smallest absolute Gasteiger partial charge is 0.305 e. The monoisotopic (exact) mass is 468 g/mol. The van der Waals surface area contributed by atoms with E-state index in [0.29, 0.717) is 23.2 Å². The molecular weight excluding hydrogens is 428 g/mol. The van der Waals surface area contributed by atoms with Crippen LogP contribution in [0.3, 0.4) is 0 Å². The number of carboxylic acids is 1. The number of anilines is 1. The molecule has 7 nitrogen and oxygen atoms in total. The molecule has 0 radical (unpaired) electrons. The Morgan fingerprint density at radius 3 is 2.41 bits per heavy atom. The molecule has 7 heteroatoms. The Bertz CT molecular complexity index is 987. The van der Waals surface area contributed by atoms with Crippen molar-refractivity contribution in [2.45, 2.75) is 103 Å². The minimum Gasteiger partial charge on any atom is -0.481 e. The minimum absolute atomic E-state index is 0.0406. The zero-order valence-corrected chi connectivity index (χ0v) is 20.7. The highest BCUT2D eigenvalue weighted by Gasteiger charge is 2.29. The molecule has 4 rings (SSSR count). The van der Waals surface area contributed by atoms with Crippen molar-refractivity contribution in [1.29, 1.82) is 0 Å². The molecule has 2 fully saturated rings. The van der Waals surface area contributed by atoms with Crippen LogP contribution in [0, 0.1) is 11.8 Å². The Morgan fingerprint density at radius 1 is 1.09 bits per heavy atom. The number of rotatable bonds is 9. The van der Waals surface area contributed by atoms with Crippen LogP contribution in [0.2, 0.25) is 0 Å². The van der Waals surface area contributed by atoms with Gasteiger partial charge < -0.3 is 15.7 Å². The summed E-state index contributed by atoms with van der Waals surface area (Å²) in [5, 5.41) is 16.3. The summed E-state index contributed by atoms with van der Waals surface area (Å²) in [5.74, 6) is 0.564. The summed E-state index contributed by atoms with van der Waals surface area (Å²) >= 11 is 0. The summed E-state index contributed by atoms with van der Waals surface area (Å²) in [5.41, 5.74) is 2.15. The van der Waals surface area contributed by atoms with E-state index in [0.717, 1.165) is 56.5 Å². The van der Waals surface area contributed by atoms with Gasteiger partial charge in [-0.25, -0.2) is 4.98 Å². The molecule has 34 heavy (non-hydrogen) atoms. The van der Waals surface area contributed by atoms with Gasteiger partial charge in [-0.05, 0) is 56.1 Å². The highest BCUT2D eigenvalue weighted by atomic mass is 16.4. The molecule has 0 aromatic carbocycles. The highest BCUT2D eigenvalue weighted by Crippen LogP contribution is 2.30. The number of carbonyl (C=O) groups excluding carboxylic acids is 1. The zero-order chi connectivity index (χ0) is 24.1. The van der Waals surface area contributed by atoms with Gasteiger partial charge in [0.2, 0.25) is 0 Å². The molecule has 2 aliphatic rings. The Hall–Kier alpha value is -2.57. The number of aliphatic carboxylic acids is 1. The van der Waals surface area contributed by atoms with E-state index in [-0.39, 0.29) is 24.3 Å². The number of nitrogens with one attached hydrogen (secondary N) is 2. The standard InChI is InChI=1S/C27H40N4O3/c1-18(2)16-23-26(28-20-12-7-4-8-13-20)31-15-9-14-21(25(31)29-23)27(34)30-22(17-24(32)33)19-10-5-3-6-11-19/h9,14-15,18-20,22,28H,3-8,10-13,16-17H2,1-2H3,(H,30,34)(H,32,33). The van der Waals surface area contributed by atoms with E-state index in [4.69, 9.17) is 4.98 Å². The van der Waals surface area contributed by atoms with Gasteiger partial charge in [-0.15, -0.1) is 0 Å². The lowest BCUT2D eigenvalue weighted by molar-refractivity contribution is -0.137. The predicted octanol–water partition coefficient (Wildman–Crippen LogP) is 5.43. The van der Waals surface area contributed by atoms with Gasteiger partial charge in [0.05, 0.1) is 17.7 Å². The molecule has 2 aromatic rings. The van der Waals surface area contributed by atoms with Crippen LogP contribution >= 0.6 is 0 Å². The lowest BCUT2D eigenvalue weighted by Crippen LogP contribution is -2.42. The molecule has 0 aliphatic heterocycles. The van der Waals surface area contributed by atoms with Crippen molar-refractivity contribution in [2.75, 3.05) is 5.32 Å². The molecule has 0 saturated heterocycles. The lowest BCUT2D eigenvalue weighted by Gasteiger charge is -2.30. The van der Waals surface area contributed by atoms with Crippen molar-refractivity contribution < 1.29 is 14.7 Å². The SMILES string of the molecule is CC(C)Cc1nc2c(C(=O)NC(CC(=O)O)C3CCCCC3)cccn2c1NC1CCCCC1. The van der Waals surface area contributed by atoms with E-state index in [9.17, 15) is 14.7 Å². The average molecular weight is 469 g/mol. The van der Waals surface area contributed by atoms with Gasteiger partial charge >= 0.3 is 5.97 Å². The van der Waals surface area contributed by atoms with E-state index >= 15 is 0 Å². The van der Waals surface area contributed by atoms with Gasteiger partial charge in [-0.3, -0.25) is 14.0 Å². The number of fused-ring (bicyclic) bond motifs is 1. The summed E-state index contributed by atoms with van der Waals surface area (Å²) in [6.07, 6.45) is 14.2. The normalized spacial score (nSPS) is 18.8. The molecule has 2 aliphatic carbocycles. The van der Waals surface area contributed by atoms with Crippen molar-refractivity contribution in [3.63, 3.8) is 0 Å². The first-order chi connectivity index (χ1) is 16.4. The Kier molecular flexibility index (Phi) is 8.11. The number of nitrogens with zero attached hydrogens (tertiary/aromatic N) is 2. The van der Waals surface area contributed by atoms with Crippen LogP contribution in [0.5, 0.6) is 0 Å². The summed E-state index contributed by atoms with van der Waals surface area (Å²) < 4.78 is 2.02. The van der Waals surface area contributed by atoms with Gasteiger partial charge in [0, 0.05) is 18.3 Å². The molecule has 186 valence electrons. The van der Waals surface area contributed by atoms with Crippen molar-refractivity contribution in [3.05, 3.63) is 29.6 Å². The van der Waals surface area contributed by atoms with Crippen LogP contribution in [0.4, 0.5) is 5.82 Å². The topological polar surface area (TPSA) is 95.7 Å². The zero-order valence-electron chi connectivity index (χ0n) is 20.7. The highest BCUT2D eigenvalue weighted by molar-refractivity contribution is 6.00. The van der Waals surface area contributed by atoms with Gasteiger partial charge in [0.1, 0.15) is 5.82 Å². The third-order valence-corrected chi connectivity index (χ3v) is 7.44. The fraction of sp³-hybridized carbons (Fsp3) is 0.667.